The standard InChI is InChI=1S/C21H19NO/c1-4-15-10-11-17-14-21(2,3)22-19(18(17)12-15)13-20(23)16-8-6-5-7-9-16/h1,5-12H,13-14H2,2-3H3. The van der Waals surface area contributed by atoms with Crippen LogP contribution in [-0.4, -0.2) is 17.0 Å². The van der Waals surface area contributed by atoms with Crippen LogP contribution >= 0.6 is 0 Å². The number of hydrogen-bond donors (Lipinski definition) is 0. The number of Topliss-reactive ketones (excluding diaryl/α,β-unsaturated/α-hetero) is 1. The highest BCUT2D eigenvalue weighted by atomic mass is 16.1. The Hall–Kier alpha value is -2.66. The van der Waals surface area contributed by atoms with Gasteiger partial charge in [0.1, 0.15) is 0 Å². The summed E-state index contributed by atoms with van der Waals surface area (Å²) in [6, 6.07) is 15.3. The van der Waals surface area contributed by atoms with E-state index in [0.29, 0.717) is 12.0 Å². The van der Waals surface area contributed by atoms with Crippen LogP contribution in [0.4, 0.5) is 0 Å². The lowest BCUT2D eigenvalue weighted by Crippen LogP contribution is -2.30. The van der Waals surface area contributed by atoms with Crippen LogP contribution in [0.15, 0.2) is 53.5 Å². The van der Waals surface area contributed by atoms with E-state index in [4.69, 9.17) is 11.4 Å². The molecule has 114 valence electrons. The number of terminal acetylenes is 1. The SMILES string of the molecule is C#Cc1ccc2c(c1)C(CC(=O)c1ccccc1)=NC(C)(C)C2. The van der Waals surface area contributed by atoms with E-state index in [1.807, 2.05) is 42.5 Å². The Morgan fingerprint density at radius 2 is 1.96 bits per heavy atom. The fourth-order valence-corrected chi connectivity index (χ4v) is 3.03. The molecule has 2 aromatic rings. The van der Waals surface area contributed by atoms with E-state index in [1.165, 1.54) is 5.56 Å². The molecule has 2 aromatic carbocycles. The Morgan fingerprint density at radius 1 is 1.22 bits per heavy atom. The van der Waals surface area contributed by atoms with Gasteiger partial charge >= 0.3 is 0 Å². The van der Waals surface area contributed by atoms with Gasteiger partial charge in [0.25, 0.3) is 0 Å². The molecule has 23 heavy (non-hydrogen) atoms. The predicted molar refractivity (Wildman–Crippen MR) is 94.1 cm³/mol. The fraction of sp³-hybridized carbons (Fsp3) is 0.238. The lowest BCUT2D eigenvalue weighted by atomic mass is 9.84. The molecule has 0 radical (unpaired) electrons. The molecule has 0 amide bonds. The average Bonchev–Trinajstić information content (AvgIpc) is 2.54. The molecule has 1 aliphatic rings. The van der Waals surface area contributed by atoms with Gasteiger partial charge in [-0.2, -0.15) is 0 Å². The molecular weight excluding hydrogens is 282 g/mol. The highest BCUT2D eigenvalue weighted by Gasteiger charge is 2.27. The highest BCUT2D eigenvalue weighted by Crippen LogP contribution is 2.29. The number of carbonyl (C=O) groups is 1. The van der Waals surface area contributed by atoms with E-state index in [1.54, 1.807) is 0 Å². The van der Waals surface area contributed by atoms with Gasteiger partial charge in [-0.3, -0.25) is 9.79 Å². The molecule has 0 aromatic heterocycles. The van der Waals surface area contributed by atoms with Crippen molar-refractivity contribution >= 4 is 11.5 Å². The van der Waals surface area contributed by atoms with Crippen LogP contribution in [0.2, 0.25) is 0 Å². The average molecular weight is 301 g/mol. The number of aliphatic imine (C=N–C) groups is 1. The van der Waals surface area contributed by atoms with E-state index >= 15 is 0 Å². The van der Waals surface area contributed by atoms with Crippen LogP contribution in [-0.2, 0) is 6.42 Å². The Balaban J connectivity index is 1.99. The third kappa shape index (κ3) is 3.24. The maximum Gasteiger partial charge on any atom is 0.168 e. The number of rotatable bonds is 3. The molecule has 0 fully saturated rings. The molecule has 1 heterocycles. The monoisotopic (exact) mass is 301 g/mol. The van der Waals surface area contributed by atoms with Crippen LogP contribution in [0.1, 0.15) is 47.3 Å². The van der Waals surface area contributed by atoms with Crippen LogP contribution < -0.4 is 0 Å². The molecule has 0 unspecified atom stereocenters. The molecule has 0 bridgehead atoms. The lowest BCUT2D eigenvalue weighted by Gasteiger charge is -2.29. The molecule has 1 aliphatic heterocycles. The first-order valence-electron chi connectivity index (χ1n) is 7.75. The number of hydrogen-bond acceptors (Lipinski definition) is 2. The summed E-state index contributed by atoms with van der Waals surface area (Å²) in [5.74, 6) is 2.75. The maximum atomic E-state index is 12.6. The summed E-state index contributed by atoms with van der Waals surface area (Å²) >= 11 is 0. The maximum absolute atomic E-state index is 12.6. The Labute approximate surface area is 137 Å². The third-order valence-corrected chi connectivity index (χ3v) is 4.07. The molecular formula is C21H19NO. The zero-order valence-corrected chi connectivity index (χ0v) is 13.5. The number of fused-ring (bicyclic) bond motifs is 1. The van der Waals surface area contributed by atoms with Crippen molar-refractivity contribution in [3.8, 4) is 12.3 Å². The largest absolute Gasteiger partial charge is 0.294 e. The number of nitrogens with zero attached hydrogens (tertiary/aromatic N) is 1. The first-order chi connectivity index (χ1) is 11.0. The van der Waals surface area contributed by atoms with Crippen LogP contribution in [0.3, 0.4) is 0 Å². The molecule has 0 saturated carbocycles. The van der Waals surface area contributed by atoms with Crippen molar-refractivity contribution in [2.75, 3.05) is 0 Å². The molecule has 0 spiro atoms. The van der Waals surface area contributed by atoms with Gasteiger partial charge in [0.15, 0.2) is 5.78 Å². The molecule has 0 aliphatic carbocycles. The van der Waals surface area contributed by atoms with Crippen LogP contribution in [0.25, 0.3) is 0 Å². The third-order valence-electron chi connectivity index (χ3n) is 4.07. The second kappa shape index (κ2) is 5.85. The van der Waals surface area contributed by atoms with Gasteiger partial charge in [-0.25, -0.2) is 0 Å². The van der Waals surface area contributed by atoms with Crippen molar-refractivity contribution in [3.05, 3.63) is 70.8 Å². The normalized spacial score (nSPS) is 15.3. The van der Waals surface area contributed by atoms with Crippen molar-refractivity contribution < 1.29 is 4.79 Å². The molecule has 2 heteroatoms. The van der Waals surface area contributed by atoms with Gasteiger partial charge in [0.05, 0.1) is 17.7 Å². The zero-order chi connectivity index (χ0) is 16.4. The van der Waals surface area contributed by atoms with Gasteiger partial charge in [-0.15, -0.1) is 6.42 Å². The van der Waals surface area contributed by atoms with Crippen molar-refractivity contribution in [3.63, 3.8) is 0 Å². The number of carbonyl (C=O) groups excluding carboxylic acids is 1. The summed E-state index contributed by atoms with van der Waals surface area (Å²) in [7, 11) is 0. The van der Waals surface area contributed by atoms with E-state index in [-0.39, 0.29) is 11.3 Å². The van der Waals surface area contributed by atoms with Crippen LogP contribution in [0.5, 0.6) is 0 Å². The van der Waals surface area contributed by atoms with Gasteiger partial charge in [-0.1, -0.05) is 42.3 Å². The van der Waals surface area contributed by atoms with E-state index in [2.05, 4.69) is 25.8 Å². The topological polar surface area (TPSA) is 29.4 Å². The quantitative estimate of drug-likeness (QED) is 0.621. The summed E-state index contributed by atoms with van der Waals surface area (Å²) in [5.41, 5.74) is 4.40. The summed E-state index contributed by atoms with van der Waals surface area (Å²) in [5, 5.41) is 0. The summed E-state index contributed by atoms with van der Waals surface area (Å²) < 4.78 is 0. The first-order valence-corrected chi connectivity index (χ1v) is 7.75. The second-order valence-electron chi connectivity index (χ2n) is 6.53. The minimum atomic E-state index is -0.197. The highest BCUT2D eigenvalue weighted by molar-refractivity contribution is 6.16. The zero-order valence-electron chi connectivity index (χ0n) is 13.5. The Bertz CT molecular complexity index is 823. The molecule has 3 rings (SSSR count). The number of benzene rings is 2. The van der Waals surface area contributed by atoms with Crippen molar-refractivity contribution in [1.82, 2.24) is 0 Å². The van der Waals surface area contributed by atoms with Gasteiger partial charge in [-0.05, 0) is 38.0 Å². The van der Waals surface area contributed by atoms with Crippen molar-refractivity contribution in [2.24, 2.45) is 4.99 Å². The minimum absolute atomic E-state index is 0.0825. The second-order valence-corrected chi connectivity index (χ2v) is 6.53. The Morgan fingerprint density at radius 3 is 2.65 bits per heavy atom. The first kappa shape index (κ1) is 15.2. The predicted octanol–water partition coefficient (Wildman–Crippen LogP) is 4.06. The van der Waals surface area contributed by atoms with Crippen LogP contribution in [0, 0.1) is 12.3 Å². The molecule has 0 saturated heterocycles. The molecule has 0 N–H and O–H groups in total. The van der Waals surface area contributed by atoms with Gasteiger partial charge < -0.3 is 0 Å². The van der Waals surface area contributed by atoms with Gasteiger partial charge in [0.2, 0.25) is 0 Å². The van der Waals surface area contributed by atoms with Crippen molar-refractivity contribution in [2.45, 2.75) is 32.2 Å². The number of ketones is 1. The summed E-state index contributed by atoms with van der Waals surface area (Å²) in [6.45, 7) is 4.19. The van der Waals surface area contributed by atoms with Crippen molar-refractivity contribution in [1.29, 1.82) is 0 Å². The fourth-order valence-electron chi connectivity index (χ4n) is 3.03. The molecule has 2 nitrogen and oxygen atoms in total. The summed E-state index contributed by atoms with van der Waals surface area (Å²) in [6.07, 6.45) is 6.67. The summed E-state index contributed by atoms with van der Waals surface area (Å²) in [4.78, 5) is 17.4. The van der Waals surface area contributed by atoms with E-state index in [9.17, 15) is 4.79 Å². The Kier molecular flexibility index (Phi) is 3.88. The van der Waals surface area contributed by atoms with Gasteiger partial charge in [0, 0.05) is 16.7 Å². The van der Waals surface area contributed by atoms with E-state index < -0.39 is 0 Å². The smallest absolute Gasteiger partial charge is 0.168 e. The lowest BCUT2D eigenvalue weighted by molar-refractivity contribution is 0.100. The molecule has 0 atom stereocenters. The minimum Gasteiger partial charge on any atom is -0.294 e. The van der Waals surface area contributed by atoms with E-state index in [0.717, 1.165) is 23.3 Å².